The van der Waals surface area contributed by atoms with Gasteiger partial charge in [-0.3, -0.25) is 9.59 Å². The average Bonchev–Trinajstić information content (AvgIpc) is 2.81. The molecular formula is C24H32O8. The molecule has 0 heterocycles. The molecule has 32 heavy (non-hydrogen) atoms. The Bertz CT molecular complexity index is 878. The van der Waals surface area contributed by atoms with E-state index in [0.717, 1.165) is 5.57 Å². The minimum atomic E-state index is -1.80. The monoisotopic (exact) mass is 448 g/mol. The Balaban J connectivity index is 2.57. The third kappa shape index (κ3) is 2.55. The zero-order valence-corrected chi connectivity index (χ0v) is 19.6. The largest absolute Gasteiger partial charge is 0.493 e. The van der Waals surface area contributed by atoms with Gasteiger partial charge in [-0.2, -0.15) is 0 Å². The molecule has 0 saturated heterocycles. The van der Waals surface area contributed by atoms with Crippen LogP contribution >= 0.6 is 0 Å². The van der Waals surface area contributed by atoms with Gasteiger partial charge in [0.05, 0.1) is 13.0 Å². The predicted molar refractivity (Wildman–Crippen MR) is 115 cm³/mol. The van der Waals surface area contributed by atoms with E-state index in [1.807, 2.05) is 0 Å². The number of hydrogen-bond acceptors (Lipinski definition) is 8. The second-order valence-electron chi connectivity index (χ2n) is 8.16. The molecule has 1 fully saturated rings. The van der Waals surface area contributed by atoms with Crippen molar-refractivity contribution in [2.24, 2.45) is 17.3 Å². The van der Waals surface area contributed by atoms with Crippen LogP contribution in [0.5, 0.6) is 0 Å². The second kappa shape index (κ2) is 8.35. The van der Waals surface area contributed by atoms with E-state index in [0.29, 0.717) is 6.42 Å². The third-order valence-corrected chi connectivity index (χ3v) is 7.39. The van der Waals surface area contributed by atoms with Crippen molar-refractivity contribution < 1.29 is 38.0 Å². The van der Waals surface area contributed by atoms with Crippen LogP contribution < -0.4 is 0 Å². The second-order valence-corrected chi connectivity index (χ2v) is 8.16. The Kier molecular flexibility index (Phi) is 6.40. The fourth-order valence-corrected chi connectivity index (χ4v) is 6.20. The van der Waals surface area contributed by atoms with Crippen molar-refractivity contribution in [2.75, 3.05) is 42.7 Å². The quantitative estimate of drug-likeness (QED) is 0.372. The summed E-state index contributed by atoms with van der Waals surface area (Å²) in [6.45, 7) is 7.77. The molecule has 4 aliphatic carbocycles. The first-order valence-electron chi connectivity index (χ1n) is 10.3. The molecule has 8 nitrogen and oxygen atoms in total. The maximum atomic E-state index is 14.2. The molecule has 4 atom stereocenters. The Morgan fingerprint density at radius 3 is 1.91 bits per heavy atom. The molecule has 0 amide bonds. The Morgan fingerprint density at radius 1 is 0.875 bits per heavy atom. The van der Waals surface area contributed by atoms with E-state index in [4.69, 9.17) is 28.4 Å². The first kappa shape index (κ1) is 24.5. The van der Waals surface area contributed by atoms with E-state index in [2.05, 4.69) is 13.2 Å². The molecule has 2 bridgehead atoms. The normalized spacial score (nSPS) is 34.4. The van der Waals surface area contributed by atoms with Crippen LogP contribution in [-0.2, 0) is 38.0 Å². The molecule has 0 aliphatic heterocycles. The van der Waals surface area contributed by atoms with Crippen molar-refractivity contribution in [1.82, 2.24) is 0 Å². The lowest BCUT2D eigenvalue weighted by Gasteiger charge is -2.67. The molecule has 0 radical (unpaired) electrons. The molecule has 0 N–H and O–H groups in total. The summed E-state index contributed by atoms with van der Waals surface area (Å²) in [5.41, 5.74) is -1.95. The SMILES string of the molecule is C=CCC1=C[C@]2(OC)C(=O)C(OC)(OC)[C@@H]1[C@@H]1C(OC)(OC)C(=O)C(OC)=C[C@@]12CC=C. The molecule has 0 aromatic rings. The van der Waals surface area contributed by atoms with Crippen LogP contribution in [0.2, 0.25) is 0 Å². The molecule has 0 spiro atoms. The summed E-state index contributed by atoms with van der Waals surface area (Å²) in [6.07, 6.45) is 7.53. The van der Waals surface area contributed by atoms with E-state index < -0.39 is 46.0 Å². The van der Waals surface area contributed by atoms with Gasteiger partial charge in [-0.05, 0) is 25.0 Å². The summed E-state index contributed by atoms with van der Waals surface area (Å²) in [5.74, 6) is -5.98. The maximum Gasteiger partial charge on any atom is 0.256 e. The number of carbonyl (C=O) groups is 2. The van der Waals surface area contributed by atoms with Crippen molar-refractivity contribution in [1.29, 1.82) is 0 Å². The van der Waals surface area contributed by atoms with Crippen molar-refractivity contribution >= 4 is 11.6 Å². The maximum absolute atomic E-state index is 14.2. The van der Waals surface area contributed by atoms with Crippen LogP contribution in [0.4, 0.5) is 0 Å². The summed E-state index contributed by atoms with van der Waals surface area (Å²) in [7, 11) is 8.41. The molecule has 4 rings (SSSR count). The number of ether oxygens (including phenoxy) is 6. The highest BCUT2D eigenvalue weighted by Crippen LogP contribution is 2.69. The lowest BCUT2D eigenvalue weighted by molar-refractivity contribution is -0.330. The Hall–Kier alpha value is -2.10. The standard InChI is InChI=1S/C24H32O8/c1-9-11-15-13-22(28-4)20(26)23(29-5,30-6)17(15)18-21(22,12-10-2)14-16(27-3)19(25)24(18,31-7)32-8/h9-10,13-14,17-18H,1-2,11-12H2,3-8H3/t17-,18-,21-,22-/m0/s1. The van der Waals surface area contributed by atoms with Crippen LogP contribution in [0.25, 0.3) is 0 Å². The topological polar surface area (TPSA) is 89.5 Å². The summed E-state index contributed by atoms with van der Waals surface area (Å²) in [6, 6.07) is 0. The Labute approximate surface area is 188 Å². The van der Waals surface area contributed by atoms with Gasteiger partial charge < -0.3 is 28.4 Å². The molecule has 8 heteroatoms. The van der Waals surface area contributed by atoms with Gasteiger partial charge in [0.15, 0.2) is 11.4 Å². The van der Waals surface area contributed by atoms with Crippen LogP contribution in [-0.4, -0.2) is 71.4 Å². The number of rotatable bonds is 10. The number of allylic oxidation sites excluding steroid dienone is 2. The van der Waals surface area contributed by atoms with E-state index in [-0.39, 0.29) is 12.2 Å². The fourth-order valence-electron chi connectivity index (χ4n) is 6.20. The first-order chi connectivity index (χ1) is 15.3. The minimum absolute atomic E-state index is 0.0164. The number of methoxy groups -OCH3 is 6. The molecule has 0 aromatic heterocycles. The zero-order chi connectivity index (χ0) is 23.9. The number of carbonyl (C=O) groups excluding carboxylic acids is 2. The van der Waals surface area contributed by atoms with E-state index >= 15 is 0 Å². The summed E-state index contributed by atoms with van der Waals surface area (Å²) >= 11 is 0. The van der Waals surface area contributed by atoms with Gasteiger partial charge in [0.2, 0.25) is 17.4 Å². The first-order valence-corrected chi connectivity index (χ1v) is 10.3. The third-order valence-electron chi connectivity index (χ3n) is 7.39. The number of Topliss-reactive ketones (excluding diaryl/α,β-unsaturated/α-hetero) is 2. The molecule has 0 aromatic carbocycles. The number of fused-ring (bicyclic) bond motifs is 1. The highest BCUT2D eigenvalue weighted by atomic mass is 16.7. The zero-order valence-electron chi connectivity index (χ0n) is 19.6. The van der Waals surface area contributed by atoms with Crippen LogP contribution in [0.15, 0.2) is 48.8 Å². The van der Waals surface area contributed by atoms with Crippen molar-refractivity contribution in [3.63, 3.8) is 0 Å². The van der Waals surface area contributed by atoms with Crippen LogP contribution in [0, 0.1) is 17.3 Å². The lowest BCUT2D eigenvalue weighted by atomic mass is 9.41. The van der Waals surface area contributed by atoms with Gasteiger partial charge in [-0.1, -0.05) is 17.7 Å². The van der Waals surface area contributed by atoms with Crippen molar-refractivity contribution in [3.05, 3.63) is 48.8 Å². The average molecular weight is 449 g/mol. The lowest BCUT2D eigenvalue weighted by Crippen LogP contribution is -2.81. The van der Waals surface area contributed by atoms with Gasteiger partial charge in [0.25, 0.3) is 5.78 Å². The minimum Gasteiger partial charge on any atom is -0.493 e. The van der Waals surface area contributed by atoms with Gasteiger partial charge in [0, 0.05) is 46.9 Å². The van der Waals surface area contributed by atoms with E-state index in [9.17, 15) is 9.59 Å². The van der Waals surface area contributed by atoms with E-state index in [1.54, 1.807) is 24.3 Å². The molecular weight excluding hydrogens is 416 g/mol. The van der Waals surface area contributed by atoms with Gasteiger partial charge >= 0.3 is 0 Å². The highest BCUT2D eigenvalue weighted by Gasteiger charge is 2.82. The van der Waals surface area contributed by atoms with Gasteiger partial charge in [0.1, 0.15) is 0 Å². The summed E-state index contributed by atoms with van der Waals surface area (Å²) in [5, 5.41) is 0. The number of hydrogen-bond donors (Lipinski definition) is 0. The highest BCUT2D eigenvalue weighted by molar-refractivity contribution is 6.05. The predicted octanol–water partition coefficient (Wildman–Crippen LogP) is 2.36. The van der Waals surface area contributed by atoms with Gasteiger partial charge in [-0.25, -0.2) is 0 Å². The molecule has 1 saturated carbocycles. The number of ketones is 2. The summed E-state index contributed by atoms with van der Waals surface area (Å²) in [4.78, 5) is 27.8. The van der Waals surface area contributed by atoms with Gasteiger partial charge in [-0.15, -0.1) is 13.2 Å². The van der Waals surface area contributed by atoms with Crippen molar-refractivity contribution in [3.8, 4) is 0 Å². The smallest absolute Gasteiger partial charge is 0.256 e. The van der Waals surface area contributed by atoms with Crippen molar-refractivity contribution in [2.45, 2.75) is 30.0 Å². The van der Waals surface area contributed by atoms with Crippen LogP contribution in [0.3, 0.4) is 0 Å². The molecule has 4 aliphatic rings. The fraction of sp³-hybridized carbons (Fsp3) is 0.583. The summed E-state index contributed by atoms with van der Waals surface area (Å²) < 4.78 is 34.8. The molecule has 176 valence electrons. The Morgan fingerprint density at radius 2 is 1.47 bits per heavy atom. The van der Waals surface area contributed by atoms with E-state index in [1.165, 1.54) is 42.7 Å². The van der Waals surface area contributed by atoms with Crippen LogP contribution in [0.1, 0.15) is 12.8 Å². The molecule has 0 unspecified atom stereocenters.